The molecule has 1 amide bonds. The van der Waals surface area contributed by atoms with Crippen LogP contribution in [0.4, 0.5) is 5.00 Å². The summed E-state index contributed by atoms with van der Waals surface area (Å²) in [6, 6.07) is 2.21. The third kappa shape index (κ3) is 4.11. The number of carboxylic acids is 1. The van der Waals surface area contributed by atoms with Crippen molar-refractivity contribution in [3.8, 4) is 6.07 Å². The van der Waals surface area contributed by atoms with Crippen LogP contribution in [0, 0.1) is 22.7 Å². The predicted molar refractivity (Wildman–Crippen MR) is 89.5 cm³/mol. The van der Waals surface area contributed by atoms with Gasteiger partial charge in [0.1, 0.15) is 11.1 Å². The van der Waals surface area contributed by atoms with Gasteiger partial charge < -0.3 is 10.4 Å². The van der Waals surface area contributed by atoms with E-state index in [9.17, 15) is 14.9 Å². The molecule has 5 nitrogen and oxygen atoms in total. The van der Waals surface area contributed by atoms with Crippen LogP contribution >= 0.6 is 11.3 Å². The Morgan fingerprint density at radius 3 is 2.65 bits per heavy atom. The second-order valence-electron chi connectivity index (χ2n) is 7.07. The second-order valence-corrected chi connectivity index (χ2v) is 8.17. The highest BCUT2D eigenvalue weighted by Gasteiger charge is 2.32. The Bertz CT molecular complexity index is 665. The number of rotatable bonds is 4. The quantitative estimate of drug-likeness (QED) is 0.880. The van der Waals surface area contributed by atoms with E-state index in [-0.39, 0.29) is 24.2 Å². The Hall–Kier alpha value is -1.87. The number of hydrogen-bond acceptors (Lipinski definition) is 4. The largest absolute Gasteiger partial charge is 0.481 e. The summed E-state index contributed by atoms with van der Waals surface area (Å²) in [5, 5.41) is 21.4. The van der Waals surface area contributed by atoms with Gasteiger partial charge in [-0.3, -0.25) is 9.59 Å². The highest BCUT2D eigenvalue weighted by molar-refractivity contribution is 7.16. The lowest BCUT2D eigenvalue weighted by Crippen LogP contribution is -2.26. The summed E-state index contributed by atoms with van der Waals surface area (Å²) in [6.07, 6.45) is 2.57. The number of amides is 1. The van der Waals surface area contributed by atoms with Crippen LogP contribution in [0.2, 0.25) is 0 Å². The predicted octanol–water partition coefficient (Wildman–Crippen LogP) is 3.57. The van der Waals surface area contributed by atoms with Crippen LogP contribution < -0.4 is 5.32 Å². The van der Waals surface area contributed by atoms with Gasteiger partial charge in [-0.05, 0) is 36.2 Å². The van der Waals surface area contributed by atoms with E-state index in [1.165, 1.54) is 16.2 Å². The van der Waals surface area contributed by atoms with Crippen molar-refractivity contribution in [3.63, 3.8) is 0 Å². The van der Waals surface area contributed by atoms with Crippen molar-refractivity contribution >= 4 is 28.2 Å². The third-order valence-electron chi connectivity index (χ3n) is 4.42. The summed E-state index contributed by atoms with van der Waals surface area (Å²) < 4.78 is 0. The van der Waals surface area contributed by atoms with Crippen molar-refractivity contribution < 1.29 is 14.7 Å². The Morgan fingerprint density at radius 1 is 1.39 bits per heavy atom. The summed E-state index contributed by atoms with van der Waals surface area (Å²) in [7, 11) is 0. The number of anilines is 1. The number of hydrogen-bond donors (Lipinski definition) is 2. The normalized spacial score (nSPS) is 17.2. The SMILES string of the molecule is CC(C)(C)C1CCc2c(sc(NC(=O)CCC(=O)O)c2C#N)C1. The van der Waals surface area contributed by atoms with E-state index in [1.54, 1.807) is 0 Å². The van der Waals surface area contributed by atoms with E-state index in [0.29, 0.717) is 16.5 Å². The first-order chi connectivity index (χ1) is 10.7. The second kappa shape index (κ2) is 6.71. The molecule has 1 atom stereocenters. The minimum absolute atomic E-state index is 0.0760. The molecule has 2 rings (SSSR count). The molecule has 0 aliphatic heterocycles. The lowest BCUT2D eigenvalue weighted by atomic mass is 9.72. The number of nitriles is 1. The van der Waals surface area contributed by atoms with Gasteiger partial charge in [0, 0.05) is 11.3 Å². The molecular weight excluding hydrogens is 312 g/mol. The maximum Gasteiger partial charge on any atom is 0.303 e. The van der Waals surface area contributed by atoms with Crippen molar-refractivity contribution in [2.45, 2.75) is 52.9 Å². The zero-order valence-electron chi connectivity index (χ0n) is 13.7. The molecule has 124 valence electrons. The zero-order chi connectivity index (χ0) is 17.2. The zero-order valence-corrected chi connectivity index (χ0v) is 14.5. The molecule has 1 heterocycles. The molecule has 0 aromatic carbocycles. The van der Waals surface area contributed by atoms with Gasteiger partial charge in [0.05, 0.1) is 12.0 Å². The molecule has 0 spiro atoms. The number of fused-ring (bicyclic) bond motifs is 1. The average molecular weight is 334 g/mol. The molecule has 6 heteroatoms. The Kier molecular flexibility index (Phi) is 5.10. The Morgan fingerprint density at radius 2 is 2.09 bits per heavy atom. The standard InChI is InChI=1S/C17H22N2O3S/c1-17(2,3)10-4-5-11-12(9-18)16(23-13(11)8-10)19-14(20)6-7-15(21)22/h10H,4-8H2,1-3H3,(H,19,20)(H,21,22). The molecule has 23 heavy (non-hydrogen) atoms. The molecule has 1 aromatic heterocycles. The highest BCUT2D eigenvalue weighted by atomic mass is 32.1. The van der Waals surface area contributed by atoms with Crippen molar-refractivity contribution in [1.82, 2.24) is 0 Å². The molecule has 0 saturated heterocycles. The number of carboxylic acid groups (broad SMARTS) is 1. The van der Waals surface area contributed by atoms with Crippen LogP contribution in [-0.4, -0.2) is 17.0 Å². The summed E-state index contributed by atoms with van der Waals surface area (Å²) in [6.45, 7) is 6.70. The van der Waals surface area contributed by atoms with Crippen molar-refractivity contribution in [3.05, 3.63) is 16.0 Å². The minimum atomic E-state index is -1.00. The topological polar surface area (TPSA) is 90.2 Å². The number of carbonyl (C=O) groups excluding carboxylic acids is 1. The number of carbonyl (C=O) groups is 2. The lowest BCUT2D eigenvalue weighted by Gasteiger charge is -2.33. The van der Waals surface area contributed by atoms with E-state index in [4.69, 9.17) is 5.11 Å². The molecule has 0 fully saturated rings. The number of aliphatic carboxylic acids is 1. The van der Waals surface area contributed by atoms with Gasteiger partial charge in [-0.15, -0.1) is 11.3 Å². The van der Waals surface area contributed by atoms with Crippen LogP contribution in [0.3, 0.4) is 0 Å². The first-order valence-corrected chi connectivity index (χ1v) is 8.60. The van der Waals surface area contributed by atoms with E-state index in [2.05, 4.69) is 32.2 Å². The summed E-state index contributed by atoms with van der Waals surface area (Å²) in [5.41, 5.74) is 1.84. The van der Waals surface area contributed by atoms with E-state index < -0.39 is 5.97 Å². The van der Waals surface area contributed by atoms with Crippen molar-refractivity contribution in [2.24, 2.45) is 11.3 Å². The molecule has 1 aliphatic carbocycles. The molecule has 2 N–H and O–H groups in total. The molecular formula is C17H22N2O3S. The fourth-order valence-electron chi connectivity index (χ4n) is 2.94. The monoisotopic (exact) mass is 334 g/mol. The van der Waals surface area contributed by atoms with E-state index in [1.807, 2.05) is 0 Å². The first kappa shape index (κ1) is 17.5. The van der Waals surface area contributed by atoms with Gasteiger partial charge in [-0.1, -0.05) is 20.8 Å². The summed E-state index contributed by atoms with van der Waals surface area (Å²) in [5.74, 6) is -0.787. The first-order valence-electron chi connectivity index (χ1n) is 7.78. The number of thiophene rings is 1. The maximum absolute atomic E-state index is 11.8. The van der Waals surface area contributed by atoms with Gasteiger partial charge in [0.2, 0.25) is 5.91 Å². The smallest absolute Gasteiger partial charge is 0.303 e. The van der Waals surface area contributed by atoms with E-state index >= 15 is 0 Å². The maximum atomic E-state index is 11.8. The van der Waals surface area contributed by atoms with Gasteiger partial charge in [-0.25, -0.2) is 0 Å². The Labute approximate surface area is 140 Å². The molecule has 1 aliphatic rings. The Balaban J connectivity index is 2.18. The molecule has 0 bridgehead atoms. The van der Waals surface area contributed by atoms with Crippen molar-refractivity contribution in [1.29, 1.82) is 5.26 Å². The number of nitrogens with one attached hydrogen (secondary N) is 1. The van der Waals surface area contributed by atoms with Crippen LogP contribution in [0.15, 0.2) is 0 Å². The van der Waals surface area contributed by atoms with Crippen LogP contribution in [-0.2, 0) is 22.4 Å². The van der Waals surface area contributed by atoms with Gasteiger partial charge >= 0.3 is 5.97 Å². The molecule has 1 unspecified atom stereocenters. The van der Waals surface area contributed by atoms with Crippen LogP contribution in [0.1, 0.15) is 56.0 Å². The molecule has 1 aromatic rings. The van der Waals surface area contributed by atoms with Gasteiger partial charge in [0.25, 0.3) is 0 Å². The highest BCUT2D eigenvalue weighted by Crippen LogP contribution is 2.43. The van der Waals surface area contributed by atoms with Crippen LogP contribution in [0.5, 0.6) is 0 Å². The molecule has 0 radical (unpaired) electrons. The van der Waals surface area contributed by atoms with Crippen LogP contribution in [0.25, 0.3) is 0 Å². The van der Waals surface area contributed by atoms with Crippen molar-refractivity contribution in [2.75, 3.05) is 5.32 Å². The van der Waals surface area contributed by atoms with Gasteiger partial charge in [-0.2, -0.15) is 5.26 Å². The summed E-state index contributed by atoms with van der Waals surface area (Å²) in [4.78, 5) is 23.6. The fourth-order valence-corrected chi connectivity index (χ4v) is 4.24. The summed E-state index contributed by atoms with van der Waals surface area (Å²) >= 11 is 1.47. The lowest BCUT2D eigenvalue weighted by molar-refractivity contribution is -0.138. The minimum Gasteiger partial charge on any atom is -0.481 e. The fraction of sp³-hybridized carbons (Fsp3) is 0.588. The average Bonchev–Trinajstić information content (AvgIpc) is 2.80. The van der Waals surface area contributed by atoms with E-state index in [0.717, 1.165) is 24.8 Å². The third-order valence-corrected chi connectivity index (χ3v) is 5.59. The number of nitrogens with zero attached hydrogens (tertiary/aromatic N) is 1. The van der Waals surface area contributed by atoms with Gasteiger partial charge in [0.15, 0.2) is 0 Å². The molecule has 0 saturated carbocycles.